The van der Waals surface area contributed by atoms with Gasteiger partial charge in [0.05, 0.1) is 11.5 Å². The van der Waals surface area contributed by atoms with Crippen molar-refractivity contribution in [2.75, 3.05) is 11.9 Å². The molecule has 0 aliphatic carbocycles. The molecule has 100 valence electrons. The Kier molecular flexibility index (Phi) is 6.12. The zero-order chi connectivity index (χ0) is 13.5. The highest BCUT2D eigenvalue weighted by molar-refractivity contribution is 9.09. The summed E-state index contributed by atoms with van der Waals surface area (Å²) in [7, 11) is 0. The number of hydrogen-bond donors (Lipinski definition) is 0. The highest BCUT2D eigenvalue weighted by atomic mass is 79.9. The predicted molar refractivity (Wildman–Crippen MR) is 75.7 cm³/mol. The van der Waals surface area contributed by atoms with Gasteiger partial charge in [-0.15, -0.1) is 0 Å². The van der Waals surface area contributed by atoms with Crippen LogP contribution < -0.4 is 4.74 Å². The van der Waals surface area contributed by atoms with Crippen LogP contribution in [0.25, 0.3) is 0 Å². The van der Waals surface area contributed by atoms with Crippen molar-refractivity contribution in [2.45, 2.75) is 33.1 Å². The van der Waals surface area contributed by atoms with Crippen LogP contribution in [0.2, 0.25) is 0 Å². The molecule has 0 fully saturated rings. The second-order valence-corrected chi connectivity index (χ2v) is 5.05. The summed E-state index contributed by atoms with van der Waals surface area (Å²) in [5, 5.41) is 11.8. The van der Waals surface area contributed by atoms with Gasteiger partial charge in [-0.3, -0.25) is 10.1 Å². The third kappa shape index (κ3) is 4.29. The van der Waals surface area contributed by atoms with E-state index in [2.05, 4.69) is 15.9 Å². The van der Waals surface area contributed by atoms with Crippen LogP contribution in [-0.4, -0.2) is 16.9 Å². The van der Waals surface area contributed by atoms with Crippen molar-refractivity contribution in [3.8, 4) is 5.75 Å². The lowest BCUT2D eigenvalue weighted by Crippen LogP contribution is -2.01. The summed E-state index contributed by atoms with van der Waals surface area (Å²) in [5.41, 5.74) is 1.60. The van der Waals surface area contributed by atoms with Crippen molar-refractivity contribution in [2.24, 2.45) is 0 Å². The molecule has 0 spiro atoms. The number of benzene rings is 1. The van der Waals surface area contributed by atoms with Gasteiger partial charge in [-0.25, -0.2) is 0 Å². The summed E-state index contributed by atoms with van der Waals surface area (Å²) in [6.45, 7) is 4.22. The largest absolute Gasteiger partial charge is 0.493 e. The maximum Gasteiger partial charge on any atom is 0.272 e. The third-order valence-electron chi connectivity index (χ3n) is 2.73. The van der Waals surface area contributed by atoms with Crippen molar-refractivity contribution in [3.63, 3.8) is 0 Å². The first-order valence-electron chi connectivity index (χ1n) is 6.00. The second-order valence-electron chi connectivity index (χ2n) is 4.26. The highest BCUT2D eigenvalue weighted by Gasteiger charge is 2.13. The molecule has 5 heteroatoms. The molecule has 1 aromatic rings. The minimum absolute atomic E-state index is 0.152. The SMILES string of the molecule is Cc1cc([N+](=O)[O-])c(C)cc1OCCCCCBr. The lowest BCUT2D eigenvalue weighted by Gasteiger charge is -2.10. The minimum atomic E-state index is -0.359. The number of rotatable bonds is 7. The molecule has 0 N–H and O–H groups in total. The molecule has 0 saturated heterocycles. The average molecular weight is 316 g/mol. The number of unbranched alkanes of at least 4 members (excludes halogenated alkanes) is 2. The molecule has 0 heterocycles. The van der Waals surface area contributed by atoms with E-state index in [1.54, 1.807) is 19.1 Å². The second kappa shape index (κ2) is 7.36. The van der Waals surface area contributed by atoms with Gasteiger partial charge in [0.1, 0.15) is 5.75 Å². The Labute approximate surface area is 116 Å². The Balaban J connectivity index is 2.62. The van der Waals surface area contributed by atoms with Crippen LogP contribution in [-0.2, 0) is 0 Å². The Morgan fingerprint density at radius 1 is 1.22 bits per heavy atom. The van der Waals surface area contributed by atoms with Gasteiger partial charge in [0.2, 0.25) is 0 Å². The molecule has 0 atom stereocenters. The third-order valence-corrected chi connectivity index (χ3v) is 3.29. The van der Waals surface area contributed by atoms with Gasteiger partial charge in [-0.1, -0.05) is 15.9 Å². The van der Waals surface area contributed by atoms with Crippen LogP contribution in [0.4, 0.5) is 5.69 Å². The average Bonchev–Trinajstić information content (AvgIpc) is 2.32. The van der Waals surface area contributed by atoms with E-state index in [1.807, 2.05) is 6.92 Å². The summed E-state index contributed by atoms with van der Waals surface area (Å²) in [6, 6.07) is 3.32. The Morgan fingerprint density at radius 2 is 1.94 bits per heavy atom. The molecule has 0 aliphatic rings. The van der Waals surface area contributed by atoms with Crippen LogP contribution in [0.15, 0.2) is 12.1 Å². The van der Waals surface area contributed by atoms with E-state index in [0.717, 1.165) is 35.9 Å². The molecule has 0 aliphatic heterocycles. The zero-order valence-electron chi connectivity index (χ0n) is 10.7. The summed E-state index contributed by atoms with van der Waals surface area (Å²) in [5.74, 6) is 0.747. The maximum atomic E-state index is 10.8. The molecule has 0 aromatic heterocycles. The number of hydrogen-bond acceptors (Lipinski definition) is 3. The van der Waals surface area contributed by atoms with E-state index >= 15 is 0 Å². The molecule has 18 heavy (non-hydrogen) atoms. The first kappa shape index (κ1) is 15.0. The van der Waals surface area contributed by atoms with Crippen molar-refractivity contribution < 1.29 is 9.66 Å². The van der Waals surface area contributed by atoms with Gasteiger partial charge in [0.15, 0.2) is 0 Å². The molecular formula is C13H18BrNO3. The molecule has 1 rings (SSSR count). The van der Waals surface area contributed by atoms with Crippen molar-refractivity contribution in [1.82, 2.24) is 0 Å². The fraction of sp³-hybridized carbons (Fsp3) is 0.538. The Bertz CT molecular complexity index is 421. The number of alkyl halides is 1. The minimum Gasteiger partial charge on any atom is -0.493 e. The van der Waals surface area contributed by atoms with Crippen LogP contribution in [0.1, 0.15) is 30.4 Å². The molecular weight excluding hydrogens is 298 g/mol. The van der Waals surface area contributed by atoms with Gasteiger partial charge in [-0.05, 0) is 44.7 Å². The number of aryl methyl sites for hydroxylation is 2. The highest BCUT2D eigenvalue weighted by Crippen LogP contribution is 2.27. The van der Waals surface area contributed by atoms with Gasteiger partial charge in [0.25, 0.3) is 5.69 Å². The van der Waals surface area contributed by atoms with Gasteiger partial charge in [-0.2, -0.15) is 0 Å². The zero-order valence-corrected chi connectivity index (χ0v) is 12.3. The summed E-state index contributed by atoms with van der Waals surface area (Å²) >= 11 is 3.38. The molecule has 0 saturated carbocycles. The number of halogens is 1. The van der Waals surface area contributed by atoms with E-state index in [1.165, 1.54) is 0 Å². The first-order chi connectivity index (χ1) is 8.56. The van der Waals surface area contributed by atoms with Crippen molar-refractivity contribution in [1.29, 1.82) is 0 Å². The van der Waals surface area contributed by atoms with E-state index in [-0.39, 0.29) is 10.6 Å². The summed E-state index contributed by atoms with van der Waals surface area (Å²) < 4.78 is 5.66. The number of nitro groups is 1. The summed E-state index contributed by atoms with van der Waals surface area (Å²) in [4.78, 5) is 10.4. The van der Waals surface area contributed by atoms with E-state index in [0.29, 0.717) is 12.2 Å². The topological polar surface area (TPSA) is 52.4 Å². The van der Waals surface area contributed by atoms with E-state index in [9.17, 15) is 10.1 Å². The van der Waals surface area contributed by atoms with Gasteiger partial charge in [0, 0.05) is 17.0 Å². The van der Waals surface area contributed by atoms with Crippen molar-refractivity contribution in [3.05, 3.63) is 33.4 Å². The van der Waals surface area contributed by atoms with Crippen LogP contribution in [0.5, 0.6) is 5.75 Å². The van der Waals surface area contributed by atoms with Crippen molar-refractivity contribution >= 4 is 21.6 Å². The molecule has 0 bridgehead atoms. The number of ether oxygens (including phenoxy) is 1. The fourth-order valence-corrected chi connectivity index (χ4v) is 2.08. The van der Waals surface area contributed by atoms with Gasteiger partial charge >= 0.3 is 0 Å². The summed E-state index contributed by atoms with van der Waals surface area (Å²) in [6.07, 6.45) is 3.26. The van der Waals surface area contributed by atoms with Crippen LogP contribution in [0.3, 0.4) is 0 Å². The Hall–Kier alpha value is -1.10. The van der Waals surface area contributed by atoms with E-state index in [4.69, 9.17) is 4.74 Å². The molecule has 1 aromatic carbocycles. The lowest BCUT2D eigenvalue weighted by molar-refractivity contribution is -0.385. The Morgan fingerprint density at radius 3 is 2.56 bits per heavy atom. The van der Waals surface area contributed by atoms with Crippen LogP contribution >= 0.6 is 15.9 Å². The fourth-order valence-electron chi connectivity index (χ4n) is 1.68. The lowest BCUT2D eigenvalue weighted by atomic mass is 10.1. The maximum absolute atomic E-state index is 10.8. The van der Waals surface area contributed by atoms with E-state index < -0.39 is 0 Å². The number of nitro benzene ring substituents is 1. The standard InChI is InChI=1S/C13H18BrNO3/c1-10-9-13(18-7-5-3-4-6-14)11(2)8-12(10)15(16)17/h8-9H,3-7H2,1-2H3. The first-order valence-corrected chi connectivity index (χ1v) is 7.12. The molecule has 4 nitrogen and oxygen atoms in total. The predicted octanol–water partition coefficient (Wildman–Crippen LogP) is 4.16. The molecule has 0 amide bonds. The van der Waals surface area contributed by atoms with Crippen LogP contribution in [0, 0.1) is 24.0 Å². The smallest absolute Gasteiger partial charge is 0.272 e. The normalized spacial score (nSPS) is 10.4. The van der Waals surface area contributed by atoms with Gasteiger partial charge < -0.3 is 4.74 Å². The number of nitrogens with zero attached hydrogens (tertiary/aromatic N) is 1. The molecule has 0 radical (unpaired) electrons. The quantitative estimate of drug-likeness (QED) is 0.328. The molecule has 0 unspecified atom stereocenters. The monoisotopic (exact) mass is 315 g/mol.